The Bertz CT molecular complexity index is 3890. The van der Waals surface area contributed by atoms with Crippen LogP contribution in [0.15, 0.2) is 164 Å². The number of hydrogen-bond donors (Lipinski definition) is 0. The zero-order chi connectivity index (χ0) is 41.1. The van der Waals surface area contributed by atoms with Crippen molar-refractivity contribution < 1.29 is 0 Å². The molecule has 4 heterocycles. The molecular weight excluding hydrogens is 739 g/mol. The van der Waals surface area contributed by atoms with Crippen LogP contribution < -0.4 is 4.90 Å². The summed E-state index contributed by atoms with van der Waals surface area (Å²) in [6, 6.07) is 61.9. The SMILES string of the molecule is CC(C)(C)c1ccc2c(c1)c1cc3ccccc3c3c4cc5c(cc4n2c13)c1c2ccccc2cc2c3cc(C(C)(C)C)cc(N(c4ccccc4)c4ccccc4)c3n5c21. The van der Waals surface area contributed by atoms with Gasteiger partial charge in [-0.2, -0.15) is 0 Å². The van der Waals surface area contributed by atoms with Gasteiger partial charge in [0.05, 0.1) is 38.8 Å². The molecule has 3 heteroatoms. The van der Waals surface area contributed by atoms with Crippen molar-refractivity contribution >= 4 is 115 Å². The highest BCUT2D eigenvalue weighted by Crippen LogP contribution is 2.51. The molecule has 13 rings (SSSR count). The summed E-state index contributed by atoms with van der Waals surface area (Å²) in [6.45, 7) is 14.0. The van der Waals surface area contributed by atoms with Crippen molar-refractivity contribution in [1.82, 2.24) is 8.80 Å². The van der Waals surface area contributed by atoms with E-state index in [9.17, 15) is 0 Å². The summed E-state index contributed by atoms with van der Waals surface area (Å²) in [7, 11) is 0. The summed E-state index contributed by atoms with van der Waals surface area (Å²) in [5, 5.41) is 15.6. The number of fused-ring (bicyclic) bond motifs is 16. The second-order valence-electron chi connectivity index (χ2n) is 19.4. The molecule has 0 N–H and O–H groups in total. The smallest absolute Gasteiger partial charge is 0.0783 e. The zero-order valence-electron chi connectivity index (χ0n) is 35.4. The zero-order valence-corrected chi connectivity index (χ0v) is 35.4. The first-order valence-corrected chi connectivity index (χ1v) is 21.7. The Balaban J connectivity index is 1.28. The molecule has 0 saturated carbocycles. The molecule has 4 aromatic heterocycles. The van der Waals surface area contributed by atoms with Crippen LogP contribution in [0.4, 0.5) is 17.1 Å². The van der Waals surface area contributed by atoms with Crippen LogP contribution in [-0.4, -0.2) is 8.80 Å². The first kappa shape index (κ1) is 34.7. The van der Waals surface area contributed by atoms with Gasteiger partial charge in [-0.3, -0.25) is 0 Å². The van der Waals surface area contributed by atoms with E-state index in [1.807, 2.05) is 0 Å². The molecule has 0 atom stereocenters. The van der Waals surface area contributed by atoms with Gasteiger partial charge >= 0.3 is 0 Å². The van der Waals surface area contributed by atoms with E-state index >= 15 is 0 Å². The molecule has 292 valence electrons. The molecule has 0 amide bonds. The lowest BCUT2D eigenvalue weighted by Gasteiger charge is -2.29. The van der Waals surface area contributed by atoms with Crippen LogP contribution in [0.2, 0.25) is 0 Å². The lowest BCUT2D eigenvalue weighted by atomic mass is 9.85. The summed E-state index contributed by atoms with van der Waals surface area (Å²) in [4.78, 5) is 2.47. The van der Waals surface area contributed by atoms with Crippen molar-refractivity contribution in [1.29, 1.82) is 0 Å². The first-order valence-electron chi connectivity index (χ1n) is 21.7. The molecule has 61 heavy (non-hydrogen) atoms. The minimum atomic E-state index is -0.0808. The van der Waals surface area contributed by atoms with Gasteiger partial charge in [0.15, 0.2) is 0 Å². The predicted molar refractivity (Wildman–Crippen MR) is 263 cm³/mol. The Morgan fingerprint density at radius 3 is 1.39 bits per heavy atom. The van der Waals surface area contributed by atoms with Gasteiger partial charge in [0.2, 0.25) is 0 Å². The molecule has 0 saturated heterocycles. The molecule has 13 aromatic rings. The number of nitrogens with zero attached hydrogens (tertiary/aromatic N) is 3. The normalized spacial score (nSPS) is 13.1. The van der Waals surface area contributed by atoms with E-state index in [1.54, 1.807) is 0 Å². The minimum absolute atomic E-state index is 0.0459. The lowest BCUT2D eigenvalue weighted by Crippen LogP contribution is -2.15. The molecule has 0 spiro atoms. The number of rotatable bonds is 3. The van der Waals surface area contributed by atoms with Crippen molar-refractivity contribution in [3.05, 3.63) is 175 Å². The number of para-hydroxylation sites is 2. The highest BCUT2D eigenvalue weighted by Gasteiger charge is 2.29. The van der Waals surface area contributed by atoms with Crippen LogP contribution in [0.5, 0.6) is 0 Å². The van der Waals surface area contributed by atoms with Gasteiger partial charge in [-0.1, -0.05) is 133 Å². The number of anilines is 3. The summed E-state index contributed by atoms with van der Waals surface area (Å²) >= 11 is 0. The molecule has 0 aliphatic heterocycles. The fourth-order valence-electron chi connectivity index (χ4n) is 10.8. The Kier molecular flexibility index (Phi) is 6.72. The summed E-state index contributed by atoms with van der Waals surface area (Å²) < 4.78 is 5.21. The molecule has 0 fully saturated rings. The molecular formula is C58H45N3. The largest absolute Gasteiger partial charge is 0.308 e. The fraction of sp³-hybridized carbons (Fsp3) is 0.138. The number of aromatic nitrogens is 2. The highest BCUT2D eigenvalue weighted by molar-refractivity contribution is 6.36. The third kappa shape index (κ3) is 4.64. The van der Waals surface area contributed by atoms with Crippen LogP contribution in [0, 0.1) is 0 Å². The Labute approximate surface area is 354 Å². The summed E-state index contributed by atoms with van der Waals surface area (Å²) in [5.74, 6) is 0. The average molecular weight is 784 g/mol. The van der Waals surface area contributed by atoms with E-state index < -0.39 is 0 Å². The Morgan fingerprint density at radius 1 is 0.344 bits per heavy atom. The first-order chi connectivity index (χ1) is 29.5. The van der Waals surface area contributed by atoms with Crippen LogP contribution in [0.1, 0.15) is 52.7 Å². The van der Waals surface area contributed by atoms with Crippen LogP contribution >= 0.6 is 0 Å². The third-order valence-corrected chi connectivity index (χ3v) is 13.8. The van der Waals surface area contributed by atoms with E-state index in [4.69, 9.17) is 0 Å². The van der Waals surface area contributed by atoms with Gasteiger partial charge in [-0.25, -0.2) is 0 Å². The van der Waals surface area contributed by atoms with Crippen molar-refractivity contribution in [2.24, 2.45) is 0 Å². The molecule has 0 bridgehead atoms. The molecule has 0 aliphatic carbocycles. The molecule has 0 radical (unpaired) electrons. The van der Waals surface area contributed by atoms with Gasteiger partial charge in [0, 0.05) is 54.5 Å². The molecule has 9 aromatic carbocycles. The van der Waals surface area contributed by atoms with Crippen LogP contribution in [0.3, 0.4) is 0 Å². The van der Waals surface area contributed by atoms with E-state index in [0.717, 1.165) is 11.4 Å². The van der Waals surface area contributed by atoms with Gasteiger partial charge in [0.25, 0.3) is 0 Å². The van der Waals surface area contributed by atoms with Crippen molar-refractivity contribution in [3.63, 3.8) is 0 Å². The molecule has 0 unspecified atom stereocenters. The van der Waals surface area contributed by atoms with Gasteiger partial charge < -0.3 is 13.7 Å². The lowest BCUT2D eigenvalue weighted by molar-refractivity contribution is 0.591. The average Bonchev–Trinajstić information content (AvgIpc) is 3.98. The van der Waals surface area contributed by atoms with Crippen molar-refractivity contribution in [3.8, 4) is 0 Å². The second-order valence-corrected chi connectivity index (χ2v) is 19.4. The Morgan fingerprint density at radius 2 is 0.820 bits per heavy atom. The van der Waals surface area contributed by atoms with E-state index in [1.165, 1.54) is 115 Å². The molecule has 0 aliphatic rings. The predicted octanol–water partition coefficient (Wildman–Crippen LogP) is 16.4. The van der Waals surface area contributed by atoms with Crippen LogP contribution in [0.25, 0.3) is 97.7 Å². The maximum atomic E-state index is 2.63. The topological polar surface area (TPSA) is 12.1 Å². The van der Waals surface area contributed by atoms with Gasteiger partial charge in [0.1, 0.15) is 0 Å². The highest BCUT2D eigenvalue weighted by atomic mass is 15.2. The summed E-state index contributed by atoms with van der Waals surface area (Å²) in [6.07, 6.45) is 0. The minimum Gasteiger partial charge on any atom is -0.308 e. The van der Waals surface area contributed by atoms with Gasteiger partial charge in [-0.05, 0) is 116 Å². The number of hydrogen-bond acceptors (Lipinski definition) is 1. The van der Waals surface area contributed by atoms with E-state index in [2.05, 4.69) is 219 Å². The second kappa shape index (κ2) is 11.8. The fourth-order valence-corrected chi connectivity index (χ4v) is 10.8. The van der Waals surface area contributed by atoms with E-state index in [-0.39, 0.29) is 10.8 Å². The van der Waals surface area contributed by atoms with Crippen molar-refractivity contribution in [2.45, 2.75) is 52.4 Å². The summed E-state index contributed by atoms with van der Waals surface area (Å²) in [5.41, 5.74) is 13.7. The Hall–Kier alpha value is -7.10. The monoisotopic (exact) mass is 783 g/mol. The molecule has 3 nitrogen and oxygen atoms in total. The van der Waals surface area contributed by atoms with Gasteiger partial charge in [-0.15, -0.1) is 0 Å². The van der Waals surface area contributed by atoms with E-state index in [0.29, 0.717) is 0 Å². The quantitative estimate of drug-likeness (QED) is 0.174. The maximum Gasteiger partial charge on any atom is 0.0783 e. The third-order valence-electron chi connectivity index (χ3n) is 13.8. The number of benzene rings is 9. The maximum absolute atomic E-state index is 2.63. The van der Waals surface area contributed by atoms with Crippen molar-refractivity contribution in [2.75, 3.05) is 4.90 Å². The standard InChI is InChI=1S/C58H45N3/c1-57(2,3)36-25-26-48-42(29-36)43-27-34-17-13-15-23-40(34)52-46-33-50-47(32-49(46)60(48)55(43)52)53-41-24-16-14-18-35(41)28-44-45-30-37(58(4,5)6)31-51(54(45)61(50)56(44)53)59(38-19-9-7-10-20-38)39-21-11-8-12-22-39/h7-33H,1-6H3. The van der Waals surface area contributed by atoms with Crippen LogP contribution in [-0.2, 0) is 10.8 Å².